The van der Waals surface area contributed by atoms with E-state index in [1.54, 1.807) is 6.07 Å². The minimum absolute atomic E-state index is 0.0193. The molecule has 0 aromatic heterocycles. The van der Waals surface area contributed by atoms with Crippen molar-refractivity contribution in [2.24, 2.45) is 17.6 Å². The van der Waals surface area contributed by atoms with Crippen LogP contribution in [0.4, 0.5) is 11.4 Å². The fraction of sp³-hybridized carbons (Fsp3) is 0.500. The van der Waals surface area contributed by atoms with Crippen molar-refractivity contribution in [3.8, 4) is 0 Å². The summed E-state index contributed by atoms with van der Waals surface area (Å²) < 4.78 is 0. The number of carbonyl (C=O) groups excluding carboxylic acids is 2. The summed E-state index contributed by atoms with van der Waals surface area (Å²) in [6.07, 6.45) is 3.56. The van der Waals surface area contributed by atoms with E-state index in [2.05, 4.69) is 10.6 Å². The molecule has 0 heterocycles. The fourth-order valence-corrected chi connectivity index (χ4v) is 2.09. The third kappa shape index (κ3) is 4.86. The SMILES string of the molecule is CC(CCCN)C(=O)Nc1cccc(NC(=O)C2CC2)c1. The van der Waals surface area contributed by atoms with Crippen LogP contribution >= 0.6 is 0 Å². The summed E-state index contributed by atoms with van der Waals surface area (Å²) in [7, 11) is 0. The number of rotatable bonds is 7. The van der Waals surface area contributed by atoms with Crippen LogP contribution < -0.4 is 16.4 Å². The van der Waals surface area contributed by atoms with E-state index in [4.69, 9.17) is 5.73 Å². The van der Waals surface area contributed by atoms with Crippen molar-refractivity contribution in [2.75, 3.05) is 17.2 Å². The van der Waals surface area contributed by atoms with Gasteiger partial charge in [-0.05, 0) is 50.4 Å². The second-order valence-electron chi connectivity index (χ2n) is 5.67. The monoisotopic (exact) mass is 289 g/mol. The van der Waals surface area contributed by atoms with Crippen molar-refractivity contribution < 1.29 is 9.59 Å². The van der Waals surface area contributed by atoms with E-state index < -0.39 is 0 Å². The van der Waals surface area contributed by atoms with E-state index in [9.17, 15) is 9.59 Å². The first kappa shape index (κ1) is 15.5. The van der Waals surface area contributed by atoms with E-state index >= 15 is 0 Å². The van der Waals surface area contributed by atoms with Gasteiger partial charge in [-0.25, -0.2) is 0 Å². The minimum atomic E-state index is -0.0711. The van der Waals surface area contributed by atoms with Gasteiger partial charge in [0.25, 0.3) is 0 Å². The zero-order valence-electron chi connectivity index (χ0n) is 12.4. The van der Waals surface area contributed by atoms with E-state index in [0.717, 1.165) is 31.4 Å². The first-order valence-corrected chi connectivity index (χ1v) is 7.52. The molecule has 1 aliphatic carbocycles. The van der Waals surface area contributed by atoms with Crippen LogP contribution in [-0.4, -0.2) is 18.4 Å². The lowest BCUT2D eigenvalue weighted by Crippen LogP contribution is -2.21. The van der Waals surface area contributed by atoms with E-state index in [0.29, 0.717) is 12.2 Å². The molecule has 5 nitrogen and oxygen atoms in total. The van der Waals surface area contributed by atoms with Crippen molar-refractivity contribution in [2.45, 2.75) is 32.6 Å². The van der Waals surface area contributed by atoms with Crippen LogP contribution in [0, 0.1) is 11.8 Å². The average molecular weight is 289 g/mol. The summed E-state index contributed by atoms with van der Waals surface area (Å²) in [5.74, 6) is 0.140. The van der Waals surface area contributed by atoms with Crippen molar-refractivity contribution in [3.05, 3.63) is 24.3 Å². The smallest absolute Gasteiger partial charge is 0.227 e. The third-order valence-corrected chi connectivity index (χ3v) is 3.63. The Balaban J connectivity index is 1.90. The maximum atomic E-state index is 12.0. The molecule has 1 aliphatic rings. The quantitative estimate of drug-likeness (QED) is 0.720. The molecule has 1 unspecified atom stereocenters. The van der Waals surface area contributed by atoms with Crippen LogP contribution in [0.3, 0.4) is 0 Å². The molecule has 1 saturated carbocycles. The molecule has 5 heteroatoms. The van der Waals surface area contributed by atoms with Gasteiger partial charge in [0.2, 0.25) is 11.8 Å². The normalized spacial score (nSPS) is 15.3. The predicted octanol–water partition coefficient (Wildman–Crippen LogP) is 2.35. The van der Waals surface area contributed by atoms with Crippen LogP contribution in [-0.2, 0) is 9.59 Å². The first-order valence-electron chi connectivity index (χ1n) is 7.52. The predicted molar refractivity (Wildman–Crippen MR) is 83.9 cm³/mol. The molecule has 2 rings (SSSR count). The zero-order valence-corrected chi connectivity index (χ0v) is 12.4. The Morgan fingerprint density at radius 1 is 1.29 bits per heavy atom. The Kier molecular flexibility index (Phi) is 5.33. The topological polar surface area (TPSA) is 84.2 Å². The van der Waals surface area contributed by atoms with Gasteiger partial charge < -0.3 is 16.4 Å². The van der Waals surface area contributed by atoms with Crippen molar-refractivity contribution in [1.82, 2.24) is 0 Å². The molecule has 0 bridgehead atoms. The molecule has 0 saturated heterocycles. The highest BCUT2D eigenvalue weighted by Crippen LogP contribution is 2.30. The zero-order chi connectivity index (χ0) is 15.2. The number of amides is 2. The fourth-order valence-electron chi connectivity index (χ4n) is 2.09. The highest BCUT2D eigenvalue weighted by Gasteiger charge is 2.29. The standard InChI is InChI=1S/C16H23N3O2/c1-11(4-3-9-17)15(20)18-13-5-2-6-14(10-13)19-16(21)12-7-8-12/h2,5-6,10-12H,3-4,7-9,17H2,1H3,(H,18,20)(H,19,21). The molecule has 21 heavy (non-hydrogen) atoms. The molecule has 1 fully saturated rings. The summed E-state index contributed by atoms with van der Waals surface area (Å²) in [5, 5.41) is 5.75. The number of hydrogen-bond acceptors (Lipinski definition) is 3. The number of nitrogens with one attached hydrogen (secondary N) is 2. The Labute approximate surface area is 125 Å². The summed E-state index contributed by atoms with van der Waals surface area (Å²) in [4.78, 5) is 23.8. The van der Waals surface area contributed by atoms with Gasteiger partial charge in [-0.15, -0.1) is 0 Å². The number of carbonyl (C=O) groups is 2. The summed E-state index contributed by atoms with van der Waals surface area (Å²) in [6, 6.07) is 7.25. The van der Waals surface area contributed by atoms with E-state index in [-0.39, 0.29) is 23.7 Å². The summed E-state index contributed by atoms with van der Waals surface area (Å²) in [5.41, 5.74) is 6.88. The van der Waals surface area contributed by atoms with Crippen molar-refractivity contribution in [1.29, 1.82) is 0 Å². The molecular weight excluding hydrogens is 266 g/mol. The molecule has 1 aromatic rings. The number of benzene rings is 1. The van der Waals surface area contributed by atoms with Gasteiger partial charge in [-0.3, -0.25) is 9.59 Å². The number of hydrogen-bond donors (Lipinski definition) is 3. The second-order valence-corrected chi connectivity index (χ2v) is 5.67. The minimum Gasteiger partial charge on any atom is -0.330 e. The molecule has 4 N–H and O–H groups in total. The van der Waals surface area contributed by atoms with Gasteiger partial charge in [0.15, 0.2) is 0 Å². The molecular formula is C16H23N3O2. The maximum Gasteiger partial charge on any atom is 0.227 e. The van der Waals surface area contributed by atoms with Gasteiger partial charge in [-0.1, -0.05) is 13.0 Å². The van der Waals surface area contributed by atoms with Crippen LogP contribution in [0.25, 0.3) is 0 Å². The lowest BCUT2D eigenvalue weighted by atomic mass is 10.0. The van der Waals surface area contributed by atoms with Gasteiger partial charge in [0.05, 0.1) is 0 Å². The third-order valence-electron chi connectivity index (χ3n) is 3.63. The Morgan fingerprint density at radius 2 is 1.95 bits per heavy atom. The Morgan fingerprint density at radius 3 is 2.57 bits per heavy atom. The van der Waals surface area contributed by atoms with E-state index in [1.165, 1.54) is 0 Å². The molecule has 0 radical (unpaired) electrons. The van der Waals surface area contributed by atoms with Crippen LogP contribution in [0.2, 0.25) is 0 Å². The van der Waals surface area contributed by atoms with Crippen LogP contribution in [0.1, 0.15) is 32.6 Å². The van der Waals surface area contributed by atoms with Crippen LogP contribution in [0.5, 0.6) is 0 Å². The molecule has 114 valence electrons. The average Bonchev–Trinajstić information content (AvgIpc) is 3.29. The van der Waals surface area contributed by atoms with Crippen molar-refractivity contribution >= 4 is 23.2 Å². The number of anilines is 2. The lowest BCUT2D eigenvalue weighted by molar-refractivity contribution is -0.119. The highest BCUT2D eigenvalue weighted by molar-refractivity contribution is 5.96. The van der Waals surface area contributed by atoms with Crippen LogP contribution in [0.15, 0.2) is 24.3 Å². The first-order chi connectivity index (χ1) is 10.1. The largest absolute Gasteiger partial charge is 0.330 e. The summed E-state index contributed by atoms with van der Waals surface area (Å²) in [6.45, 7) is 2.49. The second kappa shape index (κ2) is 7.22. The summed E-state index contributed by atoms with van der Waals surface area (Å²) >= 11 is 0. The molecule has 1 atom stereocenters. The van der Waals surface area contributed by atoms with Gasteiger partial charge in [-0.2, -0.15) is 0 Å². The van der Waals surface area contributed by atoms with E-state index in [1.807, 2.05) is 25.1 Å². The van der Waals surface area contributed by atoms with Gasteiger partial charge in [0, 0.05) is 23.2 Å². The molecule has 0 aliphatic heterocycles. The Bertz CT molecular complexity index is 512. The highest BCUT2D eigenvalue weighted by atomic mass is 16.2. The maximum absolute atomic E-state index is 12.0. The molecule has 2 amide bonds. The van der Waals surface area contributed by atoms with Gasteiger partial charge >= 0.3 is 0 Å². The molecule has 0 spiro atoms. The molecule has 1 aromatic carbocycles. The number of nitrogens with two attached hydrogens (primary N) is 1. The lowest BCUT2D eigenvalue weighted by Gasteiger charge is -2.12. The van der Waals surface area contributed by atoms with Crippen molar-refractivity contribution in [3.63, 3.8) is 0 Å². The van der Waals surface area contributed by atoms with Gasteiger partial charge in [0.1, 0.15) is 0 Å². The Hall–Kier alpha value is -1.88.